The van der Waals surface area contributed by atoms with E-state index in [9.17, 15) is 8.42 Å². The quantitative estimate of drug-likeness (QED) is 0.713. The van der Waals surface area contributed by atoms with Crippen molar-refractivity contribution in [3.05, 3.63) is 22.7 Å². The number of nitrogens with one attached hydrogen (secondary N) is 1. The lowest BCUT2D eigenvalue weighted by Crippen LogP contribution is -2.36. The van der Waals surface area contributed by atoms with Crippen LogP contribution in [-0.2, 0) is 10.0 Å². The Bertz CT molecular complexity index is 504. The van der Waals surface area contributed by atoms with Crippen molar-refractivity contribution in [3.8, 4) is 0 Å². The molecule has 0 heterocycles. The Labute approximate surface area is 112 Å². The summed E-state index contributed by atoms with van der Waals surface area (Å²) in [6, 6.07) is 2.18. The lowest BCUT2D eigenvalue weighted by Gasteiger charge is -2.15. The van der Waals surface area contributed by atoms with Gasteiger partial charge in [0.1, 0.15) is 0 Å². The molecular weight excluding hydrogens is 276 g/mol. The van der Waals surface area contributed by atoms with Gasteiger partial charge in [-0.15, -0.1) is 0 Å². The Hall–Kier alpha value is -0.820. The average Bonchev–Trinajstić information content (AvgIpc) is 2.32. The van der Waals surface area contributed by atoms with Gasteiger partial charge in [0.15, 0.2) is 0 Å². The molecule has 0 aromatic heterocycles. The maximum Gasteiger partial charge on any atom is 0.241 e. The predicted molar refractivity (Wildman–Crippen MR) is 72.1 cm³/mol. The second-order valence-corrected chi connectivity index (χ2v) is 6.15. The van der Waals surface area contributed by atoms with Crippen LogP contribution in [0.5, 0.6) is 0 Å². The van der Waals surface area contributed by atoms with Crippen molar-refractivity contribution in [1.82, 2.24) is 4.72 Å². The lowest BCUT2D eigenvalue weighted by atomic mass is 10.2. The minimum Gasteiger partial charge on any atom is -0.398 e. The summed E-state index contributed by atoms with van der Waals surface area (Å²) in [4.78, 5) is 0.00231. The van der Waals surface area contributed by atoms with Crippen LogP contribution in [0, 0.1) is 6.92 Å². The molecule has 0 spiro atoms. The van der Waals surface area contributed by atoms with E-state index >= 15 is 0 Å². The topological polar surface area (TPSA) is 92.4 Å². The molecule has 102 valence electrons. The minimum absolute atomic E-state index is 0.00231. The van der Waals surface area contributed by atoms with Gasteiger partial charge >= 0.3 is 0 Å². The molecule has 1 rings (SSSR count). The number of halogens is 1. The van der Waals surface area contributed by atoms with Crippen LogP contribution in [-0.4, -0.2) is 26.2 Å². The van der Waals surface area contributed by atoms with E-state index < -0.39 is 16.1 Å². The minimum atomic E-state index is -3.72. The van der Waals surface area contributed by atoms with E-state index in [4.69, 9.17) is 22.4 Å². The first-order valence-corrected chi connectivity index (χ1v) is 7.36. The number of sulfonamides is 1. The van der Waals surface area contributed by atoms with E-state index in [2.05, 4.69) is 4.72 Å². The summed E-state index contributed by atoms with van der Waals surface area (Å²) in [5.74, 6) is 0. The van der Waals surface area contributed by atoms with Gasteiger partial charge in [-0.25, -0.2) is 13.1 Å². The zero-order chi connectivity index (χ0) is 13.9. The average molecular weight is 293 g/mol. The largest absolute Gasteiger partial charge is 0.398 e. The van der Waals surface area contributed by atoms with Crippen molar-refractivity contribution in [2.75, 3.05) is 12.3 Å². The van der Waals surface area contributed by atoms with E-state index in [1.807, 2.05) is 0 Å². The Morgan fingerprint density at radius 2 is 2.11 bits per heavy atom. The molecule has 0 aliphatic carbocycles. The number of aliphatic hydroxyl groups is 1. The van der Waals surface area contributed by atoms with E-state index in [1.54, 1.807) is 13.8 Å². The Morgan fingerprint density at radius 3 is 2.56 bits per heavy atom. The summed E-state index contributed by atoms with van der Waals surface area (Å²) < 4.78 is 26.5. The molecule has 1 aromatic carbocycles. The molecule has 0 saturated heterocycles. The molecule has 1 atom stereocenters. The highest BCUT2D eigenvalue weighted by molar-refractivity contribution is 7.89. The summed E-state index contributed by atoms with van der Waals surface area (Å²) in [6.07, 6.45) is 0.491. The lowest BCUT2D eigenvalue weighted by molar-refractivity contribution is 0.254. The van der Waals surface area contributed by atoms with Crippen LogP contribution in [0.1, 0.15) is 18.9 Å². The van der Waals surface area contributed by atoms with Gasteiger partial charge in [0.05, 0.1) is 11.5 Å². The summed E-state index contributed by atoms with van der Waals surface area (Å²) in [6.45, 7) is 3.23. The summed E-state index contributed by atoms with van der Waals surface area (Å²) in [7, 11) is -3.72. The molecule has 4 N–H and O–H groups in total. The number of aliphatic hydroxyl groups excluding tert-OH is 1. The molecule has 18 heavy (non-hydrogen) atoms. The first kappa shape index (κ1) is 15.2. The highest BCUT2D eigenvalue weighted by atomic mass is 35.5. The third kappa shape index (κ3) is 3.35. The number of nitrogen functional groups attached to an aromatic ring is 1. The second kappa shape index (κ2) is 5.88. The van der Waals surface area contributed by atoms with Gasteiger partial charge < -0.3 is 10.8 Å². The Balaban J connectivity index is 3.13. The standard InChI is InChI=1S/C11H17ClN2O3S/c1-3-8(6-15)14-18(16,17)9-4-10(12)7(2)11(13)5-9/h4-5,8,14-15H,3,6,13H2,1-2H3/t8-/m1/s1. The smallest absolute Gasteiger partial charge is 0.241 e. The van der Waals surface area contributed by atoms with Gasteiger partial charge in [-0.1, -0.05) is 18.5 Å². The van der Waals surface area contributed by atoms with E-state index in [0.29, 0.717) is 22.7 Å². The third-order valence-corrected chi connectivity index (χ3v) is 4.60. The SMILES string of the molecule is CC[C@H](CO)NS(=O)(=O)c1cc(N)c(C)c(Cl)c1. The molecule has 0 unspecified atom stereocenters. The maximum absolute atomic E-state index is 12.0. The maximum atomic E-state index is 12.0. The third-order valence-electron chi connectivity index (χ3n) is 2.70. The van der Waals surface area contributed by atoms with Gasteiger partial charge in [-0.2, -0.15) is 0 Å². The highest BCUT2D eigenvalue weighted by Gasteiger charge is 2.20. The molecule has 1 aromatic rings. The summed E-state index contributed by atoms with van der Waals surface area (Å²) >= 11 is 5.91. The van der Waals surface area contributed by atoms with Gasteiger partial charge in [0, 0.05) is 16.8 Å². The first-order chi connectivity index (χ1) is 8.31. The van der Waals surface area contributed by atoms with Crippen molar-refractivity contribution in [1.29, 1.82) is 0 Å². The fourth-order valence-electron chi connectivity index (χ4n) is 1.37. The molecule has 0 aliphatic rings. The second-order valence-electron chi connectivity index (χ2n) is 4.03. The fourth-order valence-corrected chi connectivity index (χ4v) is 3.03. The monoisotopic (exact) mass is 292 g/mol. The zero-order valence-electron chi connectivity index (χ0n) is 10.3. The normalized spacial score (nSPS) is 13.6. The summed E-state index contributed by atoms with van der Waals surface area (Å²) in [5.41, 5.74) is 6.65. The molecule has 0 fully saturated rings. The van der Waals surface area contributed by atoms with Gasteiger partial charge in [0.2, 0.25) is 10.0 Å². The van der Waals surface area contributed by atoms with Gasteiger partial charge in [0.25, 0.3) is 0 Å². The van der Waals surface area contributed by atoms with Crippen LogP contribution in [0.2, 0.25) is 5.02 Å². The zero-order valence-corrected chi connectivity index (χ0v) is 11.8. The van der Waals surface area contributed by atoms with Gasteiger partial charge in [-0.05, 0) is 31.0 Å². The van der Waals surface area contributed by atoms with Crippen LogP contribution < -0.4 is 10.5 Å². The Morgan fingerprint density at radius 1 is 1.50 bits per heavy atom. The first-order valence-electron chi connectivity index (χ1n) is 5.50. The van der Waals surface area contributed by atoms with Crippen molar-refractivity contribution in [3.63, 3.8) is 0 Å². The van der Waals surface area contributed by atoms with E-state index in [0.717, 1.165) is 0 Å². The van der Waals surface area contributed by atoms with Crippen LogP contribution in [0.15, 0.2) is 17.0 Å². The molecule has 5 nitrogen and oxygen atoms in total. The molecule has 0 aliphatic heterocycles. The highest BCUT2D eigenvalue weighted by Crippen LogP contribution is 2.26. The molecule has 0 bridgehead atoms. The van der Waals surface area contributed by atoms with Crippen molar-refractivity contribution in [2.24, 2.45) is 0 Å². The van der Waals surface area contributed by atoms with Gasteiger partial charge in [-0.3, -0.25) is 0 Å². The summed E-state index contributed by atoms with van der Waals surface area (Å²) in [5, 5.41) is 9.31. The van der Waals surface area contributed by atoms with Crippen molar-refractivity contribution < 1.29 is 13.5 Å². The van der Waals surface area contributed by atoms with Crippen LogP contribution >= 0.6 is 11.6 Å². The van der Waals surface area contributed by atoms with Crippen LogP contribution in [0.4, 0.5) is 5.69 Å². The fraction of sp³-hybridized carbons (Fsp3) is 0.455. The molecular formula is C11H17ClN2O3S. The number of nitrogens with two attached hydrogens (primary N) is 1. The number of rotatable bonds is 5. The molecule has 0 saturated carbocycles. The number of hydrogen-bond acceptors (Lipinski definition) is 4. The van der Waals surface area contributed by atoms with Crippen LogP contribution in [0.25, 0.3) is 0 Å². The number of hydrogen-bond donors (Lipinski definition) is 3. The van der Waals surface area contributed by atoms with Crippen LogP contribution in [0.3, 0.4) is 0 Å². The van der Waals surface area contributed by atoms with Crippen molar-refractivity contribution in [2.45, 2.75) is 31.2 Å². The van der Waals surface area contributed by atoms with Crippen molar-refractivity contribution >= 4 is 27.3 Å². The molecule has 7 heteroatoms. The molecule has 0 radical (unpaired) electrons. The van der Waals surface area contributed by atoms with E-state index in [-0.39, 0.29) is 11.5 Å². The van der Waals surface area contributed by atoms with E-state index in [1.165, 1.54) is 12.1 Å². The Kier molecular flexibility index (Phi) is 4.98. The number of anilines is 1. The molecule has 0 amide bonds. The number of benzene rings is 1. The predicted octanol–water partition coefficient (Wildman–Crippen LogP) is 1.28.